The minimum absolute atomic E-state index is 0.247. The largest absolute Gasteiger partial charge is 0.500 e. The Bertz CT molecular complexity index is 708. The number of aromatic amines is 1. The molecule has 5 nitrogen and oxygen atoms in total. The van der Waals surface area contributed by atoms with Gasteiger partial charge in [0.15, 0.2) is 5.75 Å². The molecular formula is C19H27NO4. The standard InChI is InChI=1S/C19H27NO4/c1-3-5-7-8-12-23-14-9-10-15-16(13-14)20-19(22)17(21)18(15)24-11-6-4-2/h9-10,13,21H,3-8,11-12H2,1-2H3,(H,20,22). The van der Waals surface area contributed by atoms with Crippen molar-refractivity contribution in [2.45, 2.75) is 52.4 Å². The minimum atomic E-state index is -0.547. The maximum Gasteiger partial charge on any atom is 0.294 e. The average molecular weight is 333 g/mol. The van der Waals surface area contributed by atoms with E-state index in [1.807, 2.05) is 12.1 Å². The fourth-order valence-electron chi connectivity index (χ4n) is 2.51. The number of hydrogen-bond donors (Lipinski definition) is 2. The molecule has 132 valence electrons. The summed E-state index contributed by atoms with van der Waals surface area (Å²) in [7, 11) is 0. The van der Waals surface area contributed by atoms with Crippen molar-refractivity contribution in [1.29, 1.82) is 0 Å². The van der Waals surface area contributed by atoms with Crippen LogP contribution >= 0.6 is 0 Å². The number of fused-ring (bicyclic) bond motifs is 1. The summed E-state index contributed by atoms with van der Waals surface area (Å²) in [6.45, 7) is 5.37. The number of rotatable bonds is 10. The topological polar surface area (TPSA) is 71.5 Å². The third kappa shape index (κ3) is 4.66. The molecule has 5 heteroatoms. The predicted octanol–water partition coefficient (Wildman–Crippen LogP) is 4.37. The van der Waals surface area contributed by atoms with E-state index < -0.39 is 5.56 Å². The molecule has 0 bridgehead atoms. The van der Waals surface area contributed by atoms with Crippen LogP contribution in [0.15, 0.2) is 23.0 Å². The van der Waals surface area contributed by atoms with Gasteiger partial charge in [0, 0.05) is 11.5 Å². The van der Waals surface area contributed by atoms with Gasteiger partial charge in [-0.05, 0) is 25.0 Å². The number of aromatic nitrogens is 1. The molecule has 2 rings (SSSR count). The Kier molecular flexibility index (Phi) is 6.97. The van der Waals surface area contributed by atoms with Crippen LogP contribution in [0.2, 0.25) is 0 Å². The molecule has 2 N–H and O–H groups in total. The van der Waals surface area contributed by atoms with E-state index in [2.05, 4.69) is 18.8 Å². The predicted molar refractivity (Wildman–Crippen MR) is 96.3 cm³/mol. The average Bonchev–Trinajstić information content (AvgIpc) is 2.58. The van der Waals surface area contributed by atoms with Crippen LogP contribution in [0.5, 0.6) is 17.2 Å². The highest BCUT2D eigenvalue weighted by molar-refractivity contribution is 5.88. The van der Waals surface area contributed by atoms with Gasteiger partial charge in [0.2, 0.25) is 5.75 Å². The first-order chi connectivity index (χ1) is 11.7. The zero-order valence-electron chi connectivity index (χ0n) is 14.6. The van der Waals surface area contributed by atoms with Gasteiger partial charge in [0.1, 0.15) is 5.75 Å². The van der Waals surface area contributed by atoms with Gasteiger partial charge in [0.25, 0.3) is 5.56 Å². The molecule has 2 aromatic rings. The van der Waals surface area contributed by atoms with Gasteiger partial charge in [0.05, 0.1) is 18.7 Å². The van der Waals surface area contributed by atoms with Crippen molar-refractivity contribution in [1.82, 2.24) is 4.98 Å². The number of pyridine rings is 1. The summed E-state index contributed by atoms with van der Waals surface area (Å²) in [5, 5.41) is 10.7. The van der Waals surface area contributed by atoms with Gasteiger partial charge in [-0.3, -0.25) is 4.79 Å². The van der Waals surface area contributed by atoms with Crippen LogP contribution in [0.1, 0.15) is 52.4 Å². The number of ether oxygens (including phenoxy) is 2. The zero-order valence-corrected chi connectivity index (χ0v) is 14.6. The highest BCUT2D eigenvalue weighted by Gasteiger charge is 2.13. The van der Waals surface area contributed by atoms with E-state index in [0.29, 0.717) is 29.9 Å². The van der Waals surface area contributed by atoms with Crippen LogP contribution in [0, 0.1) is 0 Å². The summed E-state index contributed by atoms with van der Waals surface area (Å²) in [6.07, 6.45) is 6.44. The molecule has 0 fully saturated rings. The molecule has 24 heavy (non-hydrogen) atoms. The van der Waals surface area contributed by atoms with Gasteiger partial charge in [-0.25, -0.2) is 0 Å². The van der Waals surface area contributed by atoms with Crippen LogP contribution in [-0.2, 0) is 0 Å². The van der Waals surface area contributed by atoms with Crippen LogP contribution in [0.3, 0.4) is 0 Å². The summed E-state index contributed by atoms with van der Waals surface area (Å²) in [4.78, 5) is 14.6. The van der Waals surface area contributed by atoms with Crippen molar-refractivity contribution < 1.29 is 14.6 Å². The SMILES string of the molecule is CCCCCCOc1ccc2c(OCCCC)c(O)c(=O)[nH]c2c1. The highest BCUT2D eigenvalue weighted by Crippen LogP contribution is 2.32. The van der Waals surface area contributed by atoms with Crippen molar-refractivity contribution in [2.75, 3.05) is 13.2 Å². The van der Waals surface area contributed by atoms with E-state index in [-0.39, 0.29) is 11.5 Å². The van der Waals surface area contributed by atoms with E-state index in [9.17, 15) is 9.90 Å². The summed E-state index contributed by atoms with van der Waals surface area (Å²) in [5.74, 6) is 0.586. The zero-order chi connectivity index (χ0) is 17.4. The van der Waals surface area contributed by atoms with Crippen molar-refractivity contribution in [3.8, 4) is 17.2 Å². The second-order valence-corrected chi connectivity index (χ2v) is 5.95. The molecule has 0 spiro atoms. The Labute approximate surface area is 142 Å². The number of unbranched alkanes of at least 4 members (excludes halogenated alkanes) is 4. The number of aromatic hydroxyl groups is 1. The lowest BCUT2D eigenvalue weighted by Crippen LogP contribution is -2.09. The third-order valence-corrected chi connectivity index (χ3v) is 3.92. The van der Waals surface area contributed by atoms with Crippen molar-refractivity contribution in [3.05, 3.63) is 28.6 Å². The number of nitrogens with one attached hydrogen (secondary N) is 1. The van der Waals surface area contributed by atoms with E-state index in [1.54, 1.807) is 6.07 Å². The normalized spacial score (nSPS) is 10.9. The molecule has 0 aliphatic heterocycles. The minimum Gasteiger partial charge on any atom is -0.500 e. The first-order valence-corrected chi connectivity index (χ1v) is 8.82. The monoisotopic (exact) mass is 333 g/mol. The maximum atomic E-state index is 11.9. The summed E-state index contributed by atoms with van der Waals surface area (Å²) < 4.78 is 11.4. The molecule has 1 aromatic heterocycles. The summed E-state index contributed by atoms with van der Waals surface area (Å²) in [5.41, 5.74) is 0.0597. The van der Waals surface area contributed by atoms with Gasteiger partial charge in [-0.2, -0.15) is 0 Å². The Balaban J connectivity index is 2.16. The van der Waals surface area contributed by atoms with Gasteiger partial charge >= 0.3 is 0 Å². The molecule has 0 amide bonds. The third-order valence-electron chi connectivity index (χ3n) is 3.92. The molecular weight excluding hydrogens is 306 g/mol. The summed E-state index contributed by atoms with van der Waals surface area (Å²) in [6, 6.07) is 5.43. The lowest BCUT2D eigenvalue weighted by molar-refractivity contribution is 0.294. The first kappa shape index (κ1) is 18.2. The lowest BCUT2D eigenvalue weighted by Gasteiger charge is -2.12. The quantitative estimate of drug-likeness (QED) is 0.633. The fourth-order valence-corrected chi connectivity index (χ4v) is 2.51. The smallest absolute Gasteiger partial charge is 0.294 e. The Hall–Kier alpha value is -2.17. The number of benzene rings is 1. The van der Waals surface area contributed by atoms with E-state index in [0.717, 1.165) is 25.7 Å². The van der Waals surface area contributed by atoms with Crippen LogP contribution < -0.4 is 15.0 Å². The molecule has 0 aliphatic carbocycles. The molecule has 0 atom stereocenters. The second-order valence-electron chi connectivity index (χ2n) is 5.95. The Morgan fingerprint density at radius 2 is 1.75 bits per heavy atom. The molecule has 0 saturated heterocycles. The fraction of sp³-hybridized carbons (Fsp3) is 0.526. The molecule has 0 saturated carbocycles. The molecule has 1 aromatic carbocycles. The Morgan fingerprint density at radius 3 is 2.50 bits per heavy atom. The van der Waals surface area contributed by atoms with Crippen molar-refractivity contribution >= 4 is 10.9 Å². The molecule has 0 unspecified atom stereocenters. The Morgan fingerprint density at radius 1 is 1.00 bits per heavy atom. The number of hydrogen-bond acceptors (Lipinski definition) is 4. The molecule has 0 radical (unpaired) electrons. The highest BCUT2D eigenvalue weighted by atomic mass is 16.5. The lowest BCUT2D eigenvalue weighted by atomic mass is 10.2. The van der Waals surface area contributed by atoms with Crippen LogP contribution in [-0.4, -0.2) is 23.3 Å². The molecule has 1 heterocycles. The van der Waals surface area contributed by atoms with Crippen LogP contribution in [0.4, 0.5) is 0 Å². The summed E-state index contributed by atoms with van der Waals surface area (Å²) >= 11 is 0. The maximum absolute atomic E-state index is 11.9. The van der Waals surface area contributed by atoms with E-state index in [1.165, 1.54) is 12.8 Å². The van der Waals surface area contributed by atoms with Crippen molar-refractivity contribution in [2.24, 2.45) is 0 Å². The van der Waals surface area contributed by atoms with Gasteiger partial charge in [-0.15, -0.1) is 0 Å². The number of H-pyrrole nitrogens is 1. The van der Waals surface area contributed by atoms with Crippen LogP contribution in [0.25, 0.3) is 10.9 Å². The second kappa shape index (κ2) is 9.21. The van der Waals surface area contributed by atoms with Crippen molar-refractivity contribution in [3.63, 3.8) is 0 Å². The first-order valence-electron chi connectivity index (χ1n) is 8.82. The van der Waals surface area contributed by atoms with Gasteiger partial charge < -0.3 is 19.6 Å². The van der Waals surface area contributed by atoms with E-state index >= 15 is 0 Å². The van der Waals surface area contributed by atoms with Gasteiger partial charge in [-0.1, -0.05) is 39.5 Å². The van der Waals surface area contributed by atoms with E-state index in [4.69, 9.17) is 9.47 Å². The molecule has 0 aliphatic rings.